The molecule has 0 bridgehead atoms. The maximum absolute atomic E-state index is 12.1. The molecule has 2 amide bonds. The number of thiazole rings is 1. The largest absolute Gasteiger partial charge is 0.363 e. The van der Waals surface area contributed by atoms with Crippen LogP contribution in [-0.2, 0) is 6.54 Å². The summed E-state index contributed by atoms with van der Waals surface area (Å²) < 4.78 is 0. The van der Waals surface area contributed by atoms with Gasteiger partial charge in [0.25, 0.3) is 0 Å². The van der Waals surface area contributed by atoms with Gasteiger partial charge >= 0.3 is 6.03 Å². The summed E-state index contributed by atoms with van der Waals surface area (Å²) in [7, 11) is 0. The van der Waals surface area contributed by atoms with Crippen LogP contribution >= 0.6 is 11.3 Å². The number of aromatic nitrogens is 2. The molecule has 0 saturated carbocycles. The zero-order valence-electron chi connectivity index (χ0n) is 14.8. The average molecular weight is 379 g/mol. The molecule has 2 N–H and O–H groups in total. The normalized spacial score (nSPS) is 16.3. The van der Waals surface area contributed by atoms with Gasteiger partial charge in [-0.15, -0.1) is 11.3 Å². The SMILES string of the molecule is O=C(NCc1ccncc1)Nc1nc([C@H]2CCCN2c2ccccc2)cs1. The predicted molar refractivity (Wildman–Crippen MR) is 108 cm³/mol. The van der Waals surface area contributed by atoms with Gasteiger partial charge < -0.3 is 10.2 Å². The molecule has 1 saturated heterocycles. The second-order valence-corrected chi connectivity index (χ2v) is 7.29. The Morgan fingerprint density at radius 3 is 2.81 bits per heavy atom. The van der Waals surface area contributed by atoms with Gasteiger partial charge in [-0.25, -0.2) is 9.78 Å². The summed E-state index contributed by atoms with van der Waals surface area (Å²) in [5.74, 6) is 0. The van der Waals surface area contributed by atoms with Crippen molar-refractivity contribution in [1.82, 2.24) is 15.3 Å². The van der Waals surface area contributed by atoms with Gasteiger partial charge in [-0.1, -0.05) is 18.2 Å². The number of hydrogen-bond acceptors (Lipinski definition) is 5. The van der Waals surface area contributed by atoms with Gasteiger partial charge in [-0.05, 0) is 42.7 Å². The molecule has 0 unspecified atom stereocenters. The van der Waals surface area contributed by atoms with Crippen LogP contribution in [0.2, 0.25) is 0 Å². The van der Waals surface area contributed by atoms with Crippen LogP contribution in [0, 0.1) is 0 Å². The van der Waals surface area contributed by atoms with E-state index < -0.39 is 0 Å². The van der Waals surface area contributed by atoms with E-state index in [1.54, 1.807) is 12.4 Å². The van der Waals surface area contributed by atoms with E-state index in [2.05, 4.69) is 49.8 Å². The molecule has 1 aromatic carbocycles. The number of nitrogens with zero attached hydrogens (tertiary/aromatic N) is 3. The van der Waals surface area contributed by atoms with E-state index in [4.69, 9.17) is 0 Å². The molecule has 0 aliphatic carbocycles. The first-order chi connectivity index (χ1) is 13.3. The third-order valence-corrected chi connectivity index (χ3v) is 5.40. The highest BCUT2D eigenvalue weighted by molar-refractivity contribution is 7.13. The number of anilines is 2. The first-order valence-electron chi connectivity index (χ1n) is 9.00. The van der Waals surface area contributed by atoms with Crippen LogP contribution in [-0.4, -0.2) is 22.5 Å². The number of amides is 2. The van der Waals surface area contributed by atoms with Crippen LogP contribution in [0.4, 0.5) is 15.6 Å². The number of carbonyl (C=O) groups excluding carboxylic acids is 1. The van der Waals surface area contributed by atoms with Crippen molar-refractivity contribution in [3.05, 3.63) is 71.5 Å². The van der Waals surface area contributed by atoms with Crippen LogP contribution < -0.4 is 15.5 Å². The molecule has 4 rings (SSSR count). The van der Waals surface area contributed by atoms with Gasteiger partial charge in [0, 0.05) is 36.6 Å². The standard InChI is InChI=1S/C20H21N5OS/c26-19(22-13-15-8-10-21-11-9-15)24-20-23-17(14-27-20)18-7-4-12-25(18)16-5-2-1-3-6-16/h1-3,5-6,8-11,14,18H,4,7,12-13H2,(H2,22,23,24,26)/t18-/m1/s1. The first kappa shape index (κ1) is 17.5. The van der Waals surface area contributed by atoms with E-state index in [1.165, 1.54) is 17.0 Å². The second kappa shape index (κ2) is 8.18. The van der Waals surface area contributed by atoms with Crippen LogP contribution in [0.25, 0.3) is 0 Å². The van der Waals surface area contributed by atoms with E-state index in [0.717, 1.165) is 30.6 Å². The molecule has 7 heteroatoms. The van der Waals surface area contributed by atoms with Crippen molar-refractivity contribution < 1.29 is 4.79 Å². The summed E-state index contributed by atoms with van der Waals surface area (Å²) in [6.07, 6.45) is 5.64. The quantitative estimate of drug-likeness (QED) is 0.697. The number of benzene rings is 1. The highest BCUT2D eigenvalue weighted by Gasteiger charge is 2.28. The molecule has 138 valence electrons. The molecular weight excluding hydrogens is 358 g/mol. The van der Waals surface area contributed by atoms with Crippen LogP contribution in [0.15, 0.2) is 60.2 Å². The number of carbonyl (C=O) groups is 1. The molecule has 3 heterocycles. The fourth-order valence-corrected chi connectivity index (χ4v) is 4.08. The van der Waals surface area contributed by atoms with Crippen molar-refractivity contribution in [3.63, 3.8) is 0 Å². The molecule has 0 spiro atoms. The lowest BCUT2D eigenvalue weighted by atomic mass is 10.1. The Labute approximate surface area is 162 Å². The Bertz CT molecular complexity index is 884. The smallest absolute Gasteiger partial charge is 0.321 e. The summed E-state index contributed by atoms with van der Waals surface area (Å²) in [6.45, 7) is 1.48. The number of pyridine rings is 1. The Hall–Kier alpha value is -2.93. The van der Waals surface area contributed by atoms with Crippen molar-refractivity contribution in [1.29, 1.82) is 0 Å². The third kappa shape index (κ3) is 4.25. The summed E-state index contributed by atoms with van der Waals surface area (Å²) in [5, 5.41) is 8.34. The lowest BCUT2D eigenvalue weighted by molar-refractivity contribution is 0.251. The summed E-state index contributed by atoms with van der Waals surface area (Å²) >= 11 is 1.46. The van der Waals surface area contributed by atoms with Gasteiger partial charge in [0.1, 0.15) is 0 Å². The molecule has 2 aromatic heterocycles. The van der Waals surface area contributed by atoms with Crippen molar-refractivity contribution in [2.24, 2.45) is 0 Å². The number of urea groups is 1. The highest BCUT2D eigenvalue weighted by atomic mass is 32.1. The molecule has 1 aliphatic heterocycles. The van der Waals surface area contributed by atoms with Crippen molar-refractivity contribution in [2.75, 3.05) is 16.8 Å². The lowest BCUT2D eigenvalue weighted by Crippen LogP contribution is -2.28. The fourth-order valence-electron chi connectivity index (χ4n) is 3.32. The minimum atomic E-state index is -0.251. The number of nitrogens with one attached hydrogen (secondary N) is 2. The highest BCUT2D eigenvalue weighted by Crippen LogP contribution is 2.36. The lowest BCUT2D eigenvalue weighted by Gasteiger charge is -2.25. The Kier molecular flexibility index (Phi) is 5.29. The van der Waals surface area contributed by atoms with E-state index in [-0.39, 0.29) is 12.1 Å². The molecule has 0 radical (unpaired) electrons. The van der Waals surface area contributed by atoms with Gasteiger partial charge in [-0.3, -0.25) is 10.3 Å². The summed E-state index contributed by atoms with van der Waals surface area (Å²) in [6, 6.07) is 14.2. The molecule has 1 fully saturated rings. The summed E-state index contributed by atoms with van der Waals surface area (Å²) in [5.41, 5.74) is 3.24. The average Bonchev–Trinajstić information content (AvgIpc) is 3.37. The Morgan fingerprint density at radius 2 is 2.00 bits per heavy atom. The van der Waals surface area contributed by atoms with Crippen molar-refractivity contribution >= 4 is 28.2 Å². The summed E-state index contributed by atoms with van der Waals surface area (Å²) in [4.78, 5) is 23.1. The molecule has 27 heavy (non-hydrogen) atoms. The molecule has 3 aromatic rings. The maximum Gasteiger partial charge on any atom is 0.321 e. The Morgan fingerprint density at radius 1 is 1.19 bits per heavy atom. The number of para-hydroxylation sites is 1. The Balaban J connectivity index is 1.37. The zero-order valence-corrected chi connectivity index (χ0v) is 15.7. The molecular formula is C20H21N5OS. The van der Waals surface area contributed by atoms with Gasteiger partial charge in [-0.2, -0.15) is 0 Å². The van der Waals surface area contributed by atoms with Crippen LogP contribution in [0.3, 0.4) is 0 Å². The van der Waals surface area contributed by atoms with Crippen LogP contribution in [0.1, 0.15) is 30.1 Å². The van der Waals surface area contributed by atoms with Crippen LogP contribution in [0.5, 0.6) is 0 Å². The fraction of sp³-hybridized carbons (Fsp3) is 0.250. The van der Waals surface area contributed by atoms with E-state index >= 15 is 0 Å². The first-order valence-corrected chi connectivity index (χ1v) is 9.88. The monoisotopic (exact) mass is 379 g/mol. The second-order valence-electron chi connectivity index (χ2n) is 6.43. The maximum atomic E-state index is 12.1. The minimum Gasteiger partial charge on any atom is -0.363 e. The molecule has 6 nitrogen and oxygen atoms in total. The van der Waals surface area contributed by atoms with Gasteiger partial charge in [0.2, 0.25) is 0 Å². The third-order valence-electron chi connectivity index (χ3n) is 4.63. The van der Waals surface area contributed by atoms with Crippen molar-refractivity contribution in [3.8, 4) is 0 Å². The van der Waals surface area contributed by atoms with Gasteiger partial charge in [0.15, 0.2) is 5.13 Å². The van der Waals surface area contributed by atoms with Crippen molar-refractivity contribution in [2.45, 2.75) is 25.4 Å². The van der Waals surface area contributed by atoms with E-state index in [1.807, 2.05) is 23.6 Å². The number of hydrogen-bond donors (Lipinski definition) is 2. The van der Waals surface area contributed by atoms with Gasteiger partial charge in [0.05, 0.1) is 11.7 Å². The minimum absolute atomic E-state index is 0.251. The molecule has 1 aliphatic rings. The zero-order chi connectivity index (χ0) is 18.5. The predicted octanol–water partition coefficient (Wildman–Crippen LogP) is 4.20. The molecule has 1 atom stereocenters. The topological polar surface area (TPSA) is 70.1 Å². The number of rotatable bonds is 5. The van der Waals surface area contributed by atoms with E-state index in [9.17, 15) is 4.79 Å². The van der Waals surface area contributed by atoms with E-state index in [0.29, 0.717) is 11.7 Å².